The number of likely N-dealkylation sites (tertiary alicyclic amines) is 1. The third-order valence-electron chi connectivity index (χ3n) is 3.70. The van der Waals surface area contributed by atoms with E-state index in [1.54, 1.807) is 15.8 Å². The fourth-order valence-electron chi connectivity index (χ4n) is 2.66. The number of ether oxygens (including phenoxy) is 2. The molecule has 130 valence electrons. The highest BCUT2D eigenvalue weighted by molar-refractivity contribution is 6.28. The maximum atomic E-state index is 12.2. The summed E-state index contributed by atoms with van der Waals surface area (Å²) in [7, 11) is 1.51. The Morgan fingerprint density at radius 2 is 2.12 bits per heavy atom. The fourth-order valence-corrected chi connectivity index (χ4v) is 2.82. The van der Waals surface area contributed by atoms with Gasteiger partial charge in [-0.2, -0.15) is 10.1 Å². The smallest absolute Gasteiger partial charge is 0.410 e. The lowest BCUT2D eigenvalue weighted by Crippen LogP contribution is -2.35. The molecule has 0 bridgehead atoms. The Balaban J connectivity index is 1.79. The zero-order chi connectivity index (χ0) is 17.5. The molecule has 0 saturated carbocycles. The average Bonchev–Trinajstić information content (AvgIpc) is 3.10. The highest BCUT2D eigenvalue weighted by Gasteiger charge is 2.31. The number of nitrogens with zero attached hydrogens (tertiary/aromatic N) is 5. The van der Waals surface area contributed by atoms with Crippen LogP contribution in [0.15, 0.2) is 6.20 Å². The summed E-state index contributed by atoms with van der Waals surface area (Å²) in [6, 6.07) is 0.0511. The van der Waals surface area contributed by atoms with Crippen LogP contribution in [0.4, 0.5) is 4.79 Å². The number of hydrogen-bond acceptors (Lipinski definition) is 6. The number of carbonyl (C=O) groups excluding carboxylic acids is 1. The van der Waals surface area contributed by atoms with Crippen molar-refractivity contribution in [2.75, 3.05) is 20.2 Å². The van der Waals surface area contributed by atoms with Crippen LogP contribution in [0.25, 0.3) is 11.0 Å². The minimum Gasteiger partial charge on any atom is -0.479 e. The molecule has 0 aromatic carbocycles. The average molecular weight is 354 g/mol. The van der Waals surface area contributed by atoms with Crippen LogP contribution in [-0.2, 0) is 4.74 Å². The van der Waals surface area contributed by atoms with Gasteiger partial charge in [0.25, 0.3) is 0 Å². The highest BCUT2D eigenvalue weighted by atomic mass is 35.5. The van der Waals surface area contributed by atoms with E-state index in [0.717, 1.165) is 6.42 Å². The Kier molecular flexibility index (Phi) is 4.25. The van der Waals surface area contributed by atoms with Crippen LogP contribution in [-0.4, -0.2) is 56.5 Å². The van der Waals surface area contributed by atoms with Crippen molar-refractivity contribution in [3.63, 3.8) is 0 Å². The molecule has 1 aliphatic rings. The lowest BCUT2D eigenvalue weighted by molar-refractivity contribution is 0.0288. The largest absolute Gasteiger partial charge is 0.479 e. The third kappa shape index (κ3) is 3.38. The Morgan fingerprint density at radius 3 is 2.79 bits per heavy atom. The van der Waals surface area contributed by atoms with E-state index in [-0.39, 0.29) is 17.4 Å². The summed E-state index contributed by atoms with van der Waals surface area (Å²) >= 11 is 5.89. The van der Waals surface area contributed by atoms with Gasteiger partial charge < -0.3 is 14.4 Å². The van der Waals surface area contributed by atoms with Gasteiger partial charge in [-0.05, 0) is 38.8 Å². The van der Waals surface area contributed by atoms with Gasteiger partial charge >= 0.3 is 6.09 Å². The van der Waals surface area contributed by atoms with Gasteiger partial charge in [-0.3, -0.25) is 4.68 Å². The Morgan fingerprint density at radius 1 is 1.38 bits per heavy atom. The number of amides is 1. The van der Waals surface area contributed by atoms with Crippen molar-refractivity contribution >= 4 is 28.7 Å². The van der Waals surface area contributed by atoms with E-state index in [0.29, 0.717) is 30.0 Å². The molecule has 2 aromatic rings. The first-order valence-corrected chi connectivity index (χ1v) is 8.09. The van der Waals surface area contributed by atoms with Crippen LogP contribution >= 0.6 is 11.6 Å². The van der Waals surface area contributed by atoms with Crippen molar-refractivity contribution in [3.05, 3.63) is 11.5 Å². The van der Waals surface area contributed by atoms with Crippen molar-refractivity contribution in [1.82, 2.24) is 24.6 Å². The number of rotatable bonds is 2. The number of fused-ring (bicyclic) bond motifs is 1. The molecule has 2 aromatic heterocycles. The number of aromatic nitrogens is 4. The molecule has 1 saturated heterocycles. The molecule has 1 fully saturated rings. The first kappa shape index (κ1) is 16.8. The van der Waals surface area contributed by atoms with Crippen LogP contribution < -0.4 is 4.74 Å². The molecule has 9 heteroatoms. The van der Waals surface area contributed by atoms with Crippen LogP contribution in [0, 0.1) is 0 Å². The lowest BCUT2D eigenvalue weighted by atomic mass is 10.2. The van der Waals surface area contributed by atoms with E-state index in [2.05, 4.69) is 15.1 Å². The van der Waals surface area contributed by atoms with Gasteiger partial charge in [0.1, 0.15) is 11.1 Å². The van der Waals surface area contributed by atoms with E-state index >= 15 is 0 Å². The van der Waals surface area contributed by atoms with Crippen molar-refractivity contribution in [3.8, 4) is 5.88 Å². The summed E-state index contributed by atoms with van der Waals surface area (Å²) < 4.78 is 12.4. The molecule has 0 N–H and O–H groups in total. The summed E-state index contributed by atoms with van der Waals surface area (Å²) in [6.07, 6.45) is 2.29. The first-order valence-electron chi connectivity index (χ1n) is 7.71. The predicted octanol–water partition coefficient (Wildman–Crippen LogP) is 2.67. The monoisotopic (exact) mass is 353 g/mol. The summed E-state index contributed by atoms with van der Waals surface area (Å²) in [5, 5.41) is 4.62. The van der Waals surface area contributed by atoms with Crippen molar-refractivity contribution in [1.29, 1.82) is 0 Å². The summed E-state index contributed by atoms with van der Waals surface area (Å²) in [5.74, 6) is 0.339. The zero-order valence-electron chi connectivity index (χ0n) is 14.1. The van der Waals surface area contributed by atoms with Gasteiger partial charge in [-0.15, -0.1) is 0 Å². The molecular weight excluding hydrogens is 334 g/mol. The van der Waals surface area contributed by atoms with E-state index < -0.39 is 5.60 Å². The topological polar surface area (TPSA) is 82.4 Å². The standard InChI is InChI=1S/C15H20ClN5O3/c1-15(2,3)24-14(22)20-6-5-9(7-20)21-8-10-11(19-21)12(23-4)18-13(16)17-10/h8-9H,5-7H2,1-4H3. The number of carbonyl (C=O) groups is 1. The normalized spacial score (nSPS) is 18.2. The fraction of sp³-hybridized carbons (Fsp3) is 0.600. The molecule has 3 rings (SSSR count). The van der Waals surface area contributed by atoms with Gasteiger partial charge in [0.15, 0.2) is 5.52 Å². The zero-order valence-corrected chi connectivity index (χ0v) is 14.9. The Hall–Kier alpha value is -2.09. The maximum Gasteiger partial charge on any atom is 0.410 e. The minimum atomic E-state index is -0.505. The van der Waals surface area contributed by atoms with Gasteiger partial charge in [0, 0.05) is 13.1 Å². The first-order chi connectivity index (χ1) is 11.3. The molecule has 0 radical (unpaired) electrons. The molecule has 1 amide bonds. The van der Waals surface area contributed by atoms with E-state index in [9.17, 15) is 4.79 Å². The molecule has 24 heavy (non-hydrogen) atoms. The number of halogens is 1. The Bertz CT molecular complexity index is 770. The van der Waals surface area contributed by atoms with Crippen molar-refractivity contribution < 1.29 is 14.3 Å². The SMILES string of the molecule is COc1nc(Cl)nc2cn(C3CCN(C(=O)OC(C)(C)C)C3)nc12. The van der Waals surface area contributed by atoms with Crippen LogP contribution in [0.2, 0.25) is 5.28 Å². The van der Waals surface area contributed by atoms with Crippen LogP contribution in [0.1, 0.15) is 33.2 Å². The molecule has 1 aliphatic heterocycles. The van der Waals surface area contributed by atoms with E-state index in [1.165, 1.54) is 7.11 Å². The highest BCUT2D eigenvalue weighted by Crippen LogP contribution is 2.27. The van der Waals surface area contributed by atoms with Gasteiger partial charge in [0.05, 0.1) is 19.3 Å². The summed E-state index contributed by atoms with van der Waals surface area (Å²) in [6.45, 7) is 6.72. The Labute approximate surface area is 144 Å². The minimum absolute atomic E-state index is 0.0511. The van der Waals surface area contributed by atoms with Crippen molar-refractivity contribution in [2.45, 2.75) is 38.8 Å². The molecule has 0 aliphatic carbocycles. The van der Waals surface area contributed by atoms with Gasteiger partial charge in [0.2, 0.25) is 11.2 Å². The number of methoxy groups -OCH3 is 1. The molecule has 3 heterocycles. The molecular formula is C15H20ClN5O3. The van der Waals surface area contributed by atoms with Crippen molar-refractivity contribution in [2.24, 2.45) is 0 Å². The van der Waals surface area contributed by atoms with Gasteiger partial charge in [-0.1, -0.05) is 0 Å². The lowest BCUT2D eigenvalue weighted by Gasteiger charge is -2.24. The second-order valence-electron chi connectivity index (χ2n) is 6.71. The predicted molar refractivity (Wildman–Crippen MR) is 88.3 cm³/mol. The third-order valence-corrected chi connectivity index (χ3v) is 3.87. The van der Waals surface area contributed by atoms with Gasteiger partial charge in [-0.25, -0.2) is 9.78 Å². The quantitative estimate of drug-likeness (QED) is 0.772. The maximum absolute atomic E-state index is 12.2. The van der Waals surface area contributed by atoms with Crippen LogP contribution in [0.5, 0.6) is 5.88 Å². The molecule has 1 atom stereocenters. The molecule has 1 unspecified atom stereocenters. The molecule has 8 nitrogen and oxygen atoms in total. The van der Waals surface area contributed by atoms with Crippen LogP contribution in [0.3, 0.4) is 0 Å². The summed E-state index contributed by atoms with van der Waals surface area (Å²) in [5.41, 5.74) is 0.662. The molecule has 0 spiro atoms. The second kappa shape index (κ2) is 6.08. The van der Waals surface area contributed by atoms with E-state index in [4.69, 9.17) is 21.1 Å². The summed E-state index contributed by atoms with van der Waals surface area (Å²) in [4.78, 5) is 22.0. The second-order valence-corrected chi connectivity index (χ2v) is 7.05. The number of hydrogen-bond donors (Lipinski definition) is 0. The van der Waals surface area contributed by atoms with E-state index in [1.807, 2.05) is 20.8 Å².